The summed E-state index contributed by atoms with van der Waals surface area (Å²) in [6, 6.07) is 9.34. The number of benzene rings is 1. The summed E-state index contributed by atoms with van der Waals surface area (Å²) in [6.45, 7) is 2.68. The zero-order valence-electron chi connectivity index (χ0n) is 13.9. The number of carbonyl (C=O) groups excluding carboxylic acids is 1. The Kier molecular flexibility index (Phi) is 5.67. The van der Waals surface area contributed by atoms with Crippen LogP contribution in [-0.2, 0) is 0 Å². The quantitative estimate of drug-likeness (QED) is 0.635. The molecule has 3 aromatic rings. The highest BCUT2D eigenvalue weighted by Crippen LogP contribution is 2.29. The molecule has 130 valence electrons. The summed E-state index contributed by atoms with van der Waals surface area (Å²) < 4.78 is 10.7. The highest BCUT2D eigenvalue weighted by atomic mass is 32.1. The molecule has 0 bridgehead atoms. The molecule has 0 unspecified atom stereocenters. The molecule has 0 aliphatic rings. The van der Waals surface area contributed by atoms with Gasteiger partial charge in [0, 0.05) is 10.9 Å². The number of nitrogens with one attached hydrogen (secondary N) is 1. The van der Waals surface area contributed by atoms with Gasteiger partial charge in [-0.15, -0.1) is 11.3 Å². The molecular weight excluding hydrogens is 356 g/mol. The number of aromatic nitrogens is 1. The molecule has 0 radical (unpaired) electrons. The molecule has 2 heterocycles. The van der Waals surface area contributed by atoms with Gasteiger partial charge in [-0.25, -0.2) is 4.98 Å². The van der Waals surface area contributed by atoms with Gasteiger partial charge in [0.25, 0.3) is 5.91 Å². The Morgan fingerprint density at radius 3 is 2.64 bits per heavy atom. The number of methoxy groups -OCH3 is 1. The highest BCUT2D eigenvalue weighted by molar-refractivity contribution is 7.17. The van der Waals surface area contributed by atoms with Gasteiger partial charge in [-0.3, -0.25) is 4.79 Å². The third kappa shape index (κ3) is 4.37. The maximum absolute atomic E-state index is 12.3. The van der Waals surface area contributed by atoms with Gasteiger partial charge in [0.15, 0.2) is 0 Å². The lowest BCUT2D eigenvalue weighted by Gasteiger charge is -2.08. The second-order valence-corrected chi connectivity index (χ2v) is 7.00. The summed E-state index contributed by atoms with van der Waals surface area (Å²) in [4.78, 5) is 17.5. The third-order valence-electron chi connectivity index (χ3n) is 3.49. The van der Waals surface area contributed by atoms with Gasteiger partial charge in [0.2, 0.25) is 0 Å². The minimum Gasteiger partial charge on any atom is -0.497 e. The normalized spacial score (nSPS) is 10.5. The summed E-state index contributed by atoms with van der Waals surface area (Å²) in [6.07, 6.45) is 0. The van der Waals surface area contributed by atoms with Crippen LogP contribution in [0.1, 0.15) is 15.4 Å². The van der Waals surface area contributed by atoms with Gasteiger partial charge in [0.05, 0.1) is 19.3 Å². The van der Waals surface area contributed by atoms with Crippen molar-refractivity contribution in [3.8, 4) is 22.1 Å². The number of hydrogen-bond donors (Lipinski definition) is 1. The van der Waals surface area contributed by atoms with Crippen molar-refractivity contribution in [2.45, 2.75) is 6.92 Å². The molecule has 3 rings (SSSR count). The zero-order chi connectivity index (χ0) is 17.6. The lowest BCUT2D eigenvalue weighted by molar-refractivity contribution is 0.0950. The largest absolute Gasteiger partial charge is 0.497 e. The second-order valence-electron chi connectivity index (χ2n) is 5.23. The lowest BCUT2D eigenvalue weighted by atomic mass is 10.3. The van der Waals surface area contributed by atoms with Gasteiger partial charge >= 0.3 is 0 Å². The number of ether oxygens (including phenoxy) is 2. The number of rotatable bonds is 7. The van der Waals surface area contributed by atoms with Crippen LogP contribution in [0.2, 0.25) is 0 Å². The third-order valence-corrected chi connectivity index (χ3v) is 5.38. The van der Waals surface area contributed by atoms with Crippen molar-refractivity contribution < 1.29 is 14.3 Å². The van der Waals surface area contributed by atoms with Crippen LogP contribution in [0.3, 0.4) is 0 Å². The van der Waals surface area contributed by atoms with Crippen LogP contribution in [0.5, 0.6) is 11.5 Å². The molecule has 25 heavy (non-hydrogen) atoms. The van der Waals surface area contributed by atoms with Crippen LogP contribution in [0, 0.1) is 6.92 Å². The fraction of sp³-hybridized carbons (Fsp3) is 0.222. The highest BCUT2D eigenvalue weighted by Gasteiger charge is 2.16. The van der Waals surface area contributed by atoms with Crippen LogP contribution in [0.25, 0.3) is 10.6 Å². The number of amides is 1. The van der Waals surface area contributed by atoms with Gasteiger partial charge in [-0.05, 0) is 42.6 Å². The fourth-order valence-electron chi connectivity index (χ4n) is 2.20. The molecule has 0 spiro atoms. The Morgan fingerprint density at radius 1 is 1.20 bits per heavy atom. The van der Waals surface area contributed by atoms with Gasteiger partial charge in [0.1, 0.15) is 28.0 Å². The van der Waals surface area contributed by atoms with E-state index in [9.17, 15) is 4.79 Å². The predicted molar refractivity (Wildman–Crippen MR) is 101 cm³/mol. The van der Waals surface area contributed by atoms with Crippen molar-refractivity contribution in [1.82, 2.24) is 10.3 Å². The van der Waals surface area contributed by atoms with E-state index in [2.05, 4.69) is 10.3 Å². The van der Waals surface area contributed by atoms with Crippen molar-refractivity contribution in [1.29, 1.82) is 0 Å². The Bertz CT molecular complexity index is 827. The average Bonchev–Trinajstić information content (AvgIpc) is 3.28. The fourth-order valence-corrected chi connectivity index (χ4v) is 3.90. The zero-order valence-corrected chi connectivity index (χ0v) is 15.6. The lowest BCUT2D eigenvalue weighted by Crippen LogP contribution is -2.27. The first kappa shape index (κ1) is 17.4. The first-order valence-electron chi connectivity index (χ1n) is 7.72. The summed E-state index contributed by atoms with van der Waals surface area (Å²) in [7, 11) is 1.62. The smallest absolute Gasteiger partial charge is 0.263 e. The van der Waals surface area contributed by atoms with E-state index in [0.717, 1.165) is 27.8 Å². The molecule has 7 heteroatoms. The average molecular weight is 374 g/mol. The molecule has 1 amide bonds. The summed E-state index contributed by atoms with van der Waals surface area (Å²) in [5.41, 5.74) is 1.81. The van der Waals surface area contributed by atoms with E-state index >= 15 is 0 Å². The number of thiazole rings is 1. The standard InChI is InChI=1S/C18H18N2O3S2/c1-12-16(25-18(20-12)13-7-10-24-11-13)17(21)19-8-9-23-15-5-3-14(22-2)4-6-15/h3-7,10-11H,8-9H2,1-2H3,(H,19,21). The maximum Gasteiger partial charge on any atom is 0.263 e. The van der Waals surface area contributed by atoms with E-state index in [4.69, 9.17) is 9.47 Å². The number of aryl methyl sites for hydroxylation is 1. The second kappa shape index (κ2) is 8.13. The maximum atomic E-state index is 12.3. The van der Waals surface area contributed by atoms with E-state index in [-0.39, 0.29) is 5.91 Å². The summed E-state index contributed by atoms with van der Waals surface area (Å²) in [5, 5.41) is 7.78. The summed E-state index contributed by atoms with van der Waals surface area (Å²) in [5.74, 6) is 1.40. The predicted octanol–water partition coefficient (Wildman–Crippen LogP) is 4.00. The van der Waals surface area contributed by atoms with Crippen molar-refractivity contribution >= 4 is 28.6 Å². The molecule has 1 N–H and O–H groups in total. The molecule has 0 aliphatic carbocycles. The Labute approximate surface area is 154 Å². The molecule has 5 nitrogen and oxygen atoms in total. The summed E-state index contributed by atoms with van der Waals surface area (Å²) >= 11 is 3.03. The number of hydrogen-bond acceptors (Lipinski definition) is 6. The van der Waals surface area contributed by atoms with Gasteiger partial charge < -0.3 is 14.8 Å². The Balaban J connectivity index is 1.51. The van der Waals surface area contributed by atoms with E-state index in [1.807, 2.05) is 48.0 Å². The minimum absolute atomic E-state index is 0.116. The number of carbonyl (C=O) groups is 1. The van der Waals surface area contributed by atoms with Crippen LogP contribution in [0.4, 0.5) is 0 Å². The van der Waals surface area contributed by atoms with Crippen LogP contribution < -0.4 is 14.8 Å². The first-order valence-corrected chi connectivity index (χ1v) is 9.48. The molecule has 1 aromatic carbocycles. The van der Waals surface area contributed by atoms with E-state index < -0.39 is 0 Å². The molecule has 0 atom stereocenters. The van der Waals surface area contributed by atoms with Crippen molar-refractivity contribution in [3.05, 3.63) is 51.7 Å². The molecule has 0 aliphatic heterocycles. The monoisotopic (exact) mass is 374 g/mol. The van der Waals surface area contributed by atoms with Crippen LogP contribution in [-0.4, -0.2) is 31.2 Å². The van der Waals surface area contributed by atoms with E-state index in [0.29, 0.717) is 18.0 Å². The Morgan fingerprint density at radius 2 is 1.96 bits per heavy atom. The molecular formula is C18H18N2O3S2. The molecule has 0 saturated heterocycles. The van der Waals surface area contributed by atoms with Crippen LogP contribution in [0.15, 0.2) is 41.1 Å². The Hall–Kier alpha value is -2.38. The number of thiophene rings is 1. The van der Waals surface area contributed by atoms with Crippen molar-refractivity contribution in [2.24, 2.45) is 0 Å². The van der Waals surface area contributed by atoms with Gasteiger partial charge in [-0.2, -0.15) is 11.3 Å². The van der Waals surface area contributed by atoms with Crippen molar-refractivity contribution in [3.63, 3.8) is 0 Å². The molecule has 0 saturated carbocycles. The van der Waals surface area contributed by atoms with Gasteiger partial charge in [-0.1, -0.05) is 0 Å². The van der Waals surface area contributed by atoms with E-state index in [1.165, 1.54) is 11.3 Å². The first-order chi connectivity index (χ1) is 12.2. The minimum atomic E-state index is -0.116. The molecule has 0 fully saturated rings. The SMILES string of the molecule is COc1ccc(OCCNC(=O)c2sc(-c3ccsc3)nc2C)cc1. The topological polar surface area (TPSA) is 60.5 Å². The van der Waals surface area contributed by atoms with E-state index in [1.54, 1.807) is 18.4 Å². The van der Waals surface area contributed by atoms with Crippen molar-refractivity contribution in [2.75, 3.05) is 20.3 Å². The number of nitrogens with zero attached hydrogens (tertiary/aromatic N) is 1. The molecule has 2 aromatic heterocycles. The van der Waals surface area contributed by atoms with Crippen LogP contribution >= 0.6 is 22.7 Å².